The largest absolute Gasteiger partial charge is 0.409 e. The van der Waals surface area contributed by atoms with Gasteiger partial charge in [-0.05, 0) is 19.4 Å². The van der Waals surface area contributed by atoms with Gasteiger partial charge in [0.25, 0.3) is 0 Å². The van der Waals surface area contributed by atoms with Crippen LogP contribution < -0.4 is 11.1 Å². The molecule has 104 valence electrons. The summed E-state index contributed by atoms with van der Waals surface area (Å²) in [5.41, 5.74) is 7.00. The second-order valence-corrected chi connectivity index (χ2v) is 4.32. The first-order valence-electron chi connectivity index (χ1n) is 5.98. The molecule has 0 fully saturated rings. The molecule has 0 atom stereocenters. The van der Waals surface area contributed by atoms with Crippen molar-refractivity contribution in [3.05, 3.63) is 35.4 Å². The summed E-state index contributed by atoms with van der Waals surface area (Å²) < 4.78 is 5.19. The first-order valence-corrected chi connectivity index (χ1v) is 5.98. The van der Waals surface area contributed by atoms with Crippen molar-refractivity contribution in [3.63, 3.8) is 0 Å². The molecule has 0 aliphatic heterocycles. The number of benzene rings is 1. The van der Waals surface area contributed by atoms with E-state index in [-0.39, 0.29) is 24.5 Å². The summed E-state index contributed by atoms with van der Waals surface area (Å²) >= 11 is 0. The Labute approximate surface area is 112 Å². The summed E-state index contributed by atoms with van der Waals surface area (Å²) in [4.78, 5) is 11.4. The minimum atomic E-state index is -0.158. The molecule has 1 rings (SSSR count). The van der Waals surface area contributed by atoms with Crippen LogP contribution >= 0.6 is 0 Å². The third-order valence-corrected chi connectivity index (χ3v) is 2.39. The van der Waals surface area contributed by atoms with Crippen LogP contribution in [0.1, 0.15) is 25.0 Å². The molecule has 6 heteroatoms. The molecule has 0 unspecified atom stereocenters. The Bertz CT molecular complexity index is 441. The second kappa shape index (κ2) is 7.38. The lowest BCUT2D eigenvalue weighted by atomic mass is 10.1. The summed E-state index contributed by atoms with van der Waals surface area (Å²) in [7, 11) is 0. The SMILES string of the molecule is CC(C)OCC(=O)NCc1ccc(/C(N)=N/O)cc1. The molecule has 19 heavy (non-hydrogen) atoms. The van der Waals surface area contributed by atoms with Crippen LogP contribution in [0, 0.1) is 0 Å². The predicted molar refractivity (Wildman–Crippen MR) is 71.9 cm³/mol. The molecule has 1 aromatic carbocycles. The third-order valence-electron chi connectivity index (χ3n) is 2.39. The van der Waals surface area contributed by atoms with E-state index < -0.39 is 0 Å². The molecule has 6 nitrogen and oxygen atoms in total. The van der Waals surface area contributed by atoms with Crippen molar-refractivity contribution >= 4 is 11.7 Å². The summed E-state index contributed by atoms with van der Waals surface area (Å²) in [6, 6.07) is 7.05. The van der Waals surface area contributed by atoms with Crippen molar-refractivity contribution in [2.45, 2.75) is 26.5 Å². The van der Waals surface area contributed by atoms with Crippen molar-refractivity contribution < 1.29 is 14.7 Å². The average molecular weight is 265 g/mol. The Kier molecular flexibility index (Phi) is 5.81. The van der Waals surface area contributed by atoms with Crippen molar-refractivity contribution in [3.8, 4) is 0 Å². The smallest absolute Gasteiger partial charge is 0.246 e. The highest BCUT2D eigenvalue weighted by Crippen LogP contribution is 2.04. The number of carbonyl (C=O) groups is 1. The van der Waals surface area contributed by atoms with Crippen LogP contribution in [0.5, 0.6) is 0 Å². The molecule has 0 aliphatic carbocycles. The third kappa shape index (κ3) is 5.39. The van der Waals surface area contributed by atoms with Gasteiger partial charge in [-0.15, -0.1) is 0 Å². The van der Waals surface area contributed by atoms with Gasteiger partial charge in [-0.1, -0.05) is 29.4 Å². The van der Waals surface area contributed by atoms with Gasteiger partial charge in [0.05, 0.1) is 6.10 Å². The summed E-state index contributed by atoms with van der Waals surface area (Å²) in [5, 5.41) is 14.2. The molecule has 0 saturated carbocycles. The Morgan fingerprint density at radius 2 is 2.05 bits per heavy atom. The van der Waals surface area contributed by atoms with Crippen LogP contribution in [-0.4, -0.2) is 29.7 Å². The summed E-state index contributed by atoms with van der Waals surface area (Å²) in [5.74, 6) is -0.102. The van der Waals surface area contributed by atoms with Gasteiger partial charge in [0.15, 0.2) is 5.84 Å². The van der Waals surface area contributed by atoms with E-state index in [1.165, 1.54) is 0 Å². The number of ether oxygens (including phenoxy) is 1. The fourth-order valence-corrected chi connectivity index (χ4v) is 1.35. The quantitative estimate of drug-likeness (QED) is 0.307. The Morgan fingerprint density at radius 3 is 2.58 bits per heavy atom. The van der Waals surface area contributed by atoms with Crippen molar-refractivity contribution in [2.24, 2.45) is 10.9 Å². The Hall–Kier alpha value is -2.08. The number of nitrogens with two attached hydrogens (primary N) is 1. The molecule has 0 radical (unpaired) electrons. The minimum absolute atomic E-state index is 0.0331. The van der Waals surface area contributed by atoms with Crippen molar-refractivity contribution in [1.29, 1.82) is 0 Å². The van der Waals surface area contributed by atoms with Crippen molar-refractivity contribution in [1.82, 2.24) is 5.32 Å². The number of nitrogens with one attached hydrogen (secondary N) is 1. The van der Waals surface area contributed by atoms with Gasteiger partial charge in [0, 0.05) is 12.1 Å². The molecule has 1 aromatic rings. The van der Waals surface area contributed by atoms with E-state index in [9.17, 15) is 4.79 Å². The van der Waals surface area contributed by atoms with E-state index in [0.29, 0.717) is 12.1 Å². The van der Waals surface area contributed by atoms with Crippen LogP contribution in [0.2, 0.25) is 0 Å². The Morgan fingerprint density at radius 1 is 1.42 bits per heavy atom. The van der Waals surface area contributed by atoms with Crippen LogP contribution in [-0.2, 0) is 16.1 Å². The number of amidine groups is 1. The number of carbonyl (C=O) groups excluding carboxylic acids is 1. The van der Waals surface area contributed by atoms with Gasteiger partial charge >= 0.3 is 0 Å². The predicted octanol–water partition coefficient (Wildman–Crippen LogP) is 0.822. The molecule has 0 spiro atoms. The highest BCUT2D eigenvalue weighted by Gasteiger charge is 2.04. The van der Waals surface area contributed by atoms with E-state index in [2.05, 4.69) is 10.5 Å². The van der Waals surface area contributed by atoms with Crippen LogP contribution in [0.4, 0.5) is 0 Å². The van der Waals surface area contributed by atoms with Crippen molar-refractivity contribution in [2.75, 3.05) is 6.61 Å². The van der Waals surface area contributed by atoms with Gasteiger partial charge in [0.1, 0.15) is 6.61 Å². The fourth-order valence-electron chi connectivity index (χ4n) is 1.35. The first-order chi connectivity index (χ1) is 9.02. The van der Waals surface area contributed by atoms with E-state index in [1.807, 2.05) is 13.8 Å². The Balaban J connectivity index is 2.44. The lowest BCUT2D eigenvalue weighted by Crippen LogP contribution is -2.28. The van der Waals surface area contributed by atoms with E-state index in [4.69, 9.17) is 15.7 Å². The van der Waals surface area contributed by atoms with Gasteiger partial charge in [-0.25, -0.2) is 0 Å². The maximum atomic E-state index is 11.4. The summed E-state index contributed by atoms with van der Waals surface area (Å²) in [6.07, 6.45) is 0.0331. The highest BCUT2D eigenvalue weighted by atomic mass is 16.5. The average Bonchev–Trinajstić information content (AvgIpc) is 2.42. The van der Waals surface area contributed by atoms with E-state index in [0.717, 1.165) is 5.56 Å². The van der Waals surface area contributed by atoms with E-state index >= 15 is 0 Å². The van der Waals surface area contributed by atoms with Gasteiger partial charge in [-0.2, -0.15) is 0 Å². The maximum Gasteiger partial charge on any atom is 0.246 e. The number of oxime groups is 1. The van der Waals surface area contributed by atoms with Crippen LogP contribution in [0.3, 0.4) is 0 Å². The number of nitrogens with zero attached hydrogens (tertiary/aromatic N) is 1. The lowest BCUT2D eigenvalue weighted by molar-refractivity contribution is -0.127. The van der Waals surface area contributed by atoms with Gasteiger partial charge in [0.2, 0.25) is 5.91 Å². The maximum absolute atomic E-state index is 11.4. The second-order valence-electron chi connectivity index (χ2n) is 4.32. The summed E-state index contributed by atoms with van der Waals surface area (Å²) in [6.45, 7) is 4.22. The molecular weight excluding hydrogens is 246 g/mol. The van der Waals surface area contributed by atoms with Crippen LogP contribution in [0.15, 0.2) is 29.4 Å². The standard InChI is InChI=1S/C13H19N3O3/c1-9(2)19-8-12(17)15-7-10-3-5-11(6-4-10)13(14)16-18/h3-6,9,18H,7-8H2,1-2H3,(H2,14,16)(H,15,17). The lowest BCUT2D eigenvalue weighted by Gasteiger charge is -2.08. The molecule has 4 N–H and O–H groups in total. The number of amides is 1. The number of hydrogen-bond acceptors (Lipinski definition) is 4. The fraction of sp³-hybridized carbons (Fsp3) is 0.385. The molecule has 0 aromatic heterocycles. The molecular formula is C13H19N3O3. The minimum Gasteiger partial charge on any atom is -0.409 e. The number of hydrogen-bond donors (Lipinski definition) is 3. The topological polar surface area (TPSA) is 96.9 Å². The van der Waals surface area contributed by atoms with Crippen LogP contribution in [0.25, 0.3) is 0 Å². The zero-order valence-electron chi connectivity index (χ0n) is 11.1. The zero-order valence-corrected chi connectivity index (χ0v) is 11.1. The van der Waals surface area contributed by atoms with Gasteiger partial charge in [-0.3, -0.25) is 4.79 Å². The van der Waals surface area contributed by atoms with Gasteiger partial charge < -0.3 is 21.0 Å². The first kappa shape index (κ1) is 15.0. The zero-order chi connectivity index (χ0) is 14.3. The van der Waals surface area contributed by atoms with E-state index in [1.54, 1.807) is 24.3 Å². The monoisotopic (exact) mass is 265 g/mol. The molecule has 1 amide bonds. The molecule has 0 heterocycles. The molecule has 0 bridgehead atoms. The normalized spacial score (nSPS) is 11.6. The molecule has 0 saturated heterocycles. The molecule has 0 aliphatic rings. The highest BCUT2D eigenvalue weighted by molar-refractivity contribution is 5.96. The number of rotatable bonds is 6.